The van der Waals surface area contributed by atoms with Crippen molar-refractivity contribution in [2.75, 3.05) is 32.8 Å². The third kappa shape index (κ3) is 5.37. The number of hydrogen-bond donors (Lipinski definition) is 2. The van der Waals surface area contributed by atoms with Crippen molar-refractivity contribution in [2.24, 2.45) is 11.7 Å². The number of hydrogen-bond acceptors (Lipinski definition) is 7. The Morgan fingerprint density at radius 1 is 1.34 bits per heavy atom. The number of aromatic nitrogens is 1. The van der Waals surface area contributed by atoms with E-state index in [4.69, 9.17) is 10.5 Å². The molecule has 2 atom stereocenters. The van der Waals surface area contributed by atoms with E-state index in [2.05, 4.69) is 10.3 Å². The van der Waals surface area contributed by atoms with E-state index in [1.54, 1.807) is 4.90 Å². The SMILES string of the molecule is CC(=O)N1CCOC(C(=O)NCCC(CCN)C(=O)c2nc3ccccc3s2)C1. The van der Waals surface area contributed by atoms with Crippen LogP contribution in [-0.2, 0) is 14.3 Å². The fourth-order valence-corrected chi connectivity index (χ4v) is 4.32. The quantitative estimate of drug-likeness (QED) is 0.623. The summed E-state index contributed by atoms with van der Waals surface area (Å²) in [5.74, 6) is -0.685. The van der Waals surface area contributed by atoms with Gasteiger partial charge < -0.3 is 20.7 Å². The van der Waals surface area contributed by atoms with Crippen LogP contribution in [0.5, 0.6) is 0 Å². The number of morpholine rings is 1. The average molecular weight is 419 g/mol. The van der Waals surface area contributed by atoms with Crippen molar-refractivity contribution < 1.29 is 19.1 Å². The van der Waals surface area contributed by atoms with Gasteiger partial charge in [-0.25, -0.2) is 4.98 Å². The van der Waals surface area contributed by atoms with Gasteiger partial charge in [0.1, 0.15) is 0 Å². The summed E-state index contributed by atoms with van der Waals surface area (Å²) in [5.41, 5.74) is 6.51. The molecule has 2 aromatic rings. The molecule has 0 radical (unpaired) electrons. The third-order valence-corrected chi connectivity index (χ3v) is 6.04. The van der Waals surface area contributed by atoms with E-state index in [1.165, 1.54) is 18.3 Å². The van der Waals surface area contributed by atoms with Crippen molar-refractivity contribution in [1.29, 1.82) is 0 Å². The van der Waals surface area contributed by atoms with Gasteiger partial charge in [-0.3, -0.25) is 14.4 Å². The number of nitrogens with one attached hydrogen (secondary N) is 1. The highest BCUT2D eigenvalue weighted by molar-refractivity contribution is 7.20. The van der Waals surface area contributed by atoms with Crippen LogP contribution < -0.4 is 11.1 Å². The maximum absolute atomic E-state index is 12.9. The first kappa shape index (κ1) is 21.4. The van der Waals surface area contributed by atoms with Gasteiger partial charge >= 0.3 is 0 Å². The number of para-hydroxylation sites is 1. The Morgan fingerprint density at radius 2 is 2.14 bits per heavy atom. The monoisotopic (exact) mass is 418 g/mol. The van der Waals surface area contributed by atoms with Crippen LogP contribution in [0.4, 0.5) is 0 Å². The Kier molecular flexibility index (Phi) is 7.29. The van der Waals surface area contributed by atoms with E-state index in [1.807, 2.05) is 24.3 Å². The number of rotatable bonds is 8. The molecule has 2 unspecified atom stereocenters. The van der Waals surface area contributed by atoms with Gasteiger partial charge in [-0.1, -0.05) is 12.1 Å². The summed E-state index contributed by atoms with van der Waals surface area (Å²) in [6.45, 7) is 3.27. The molecule has 3 rings (SSSR count). The van der Waals surface area contributed by atoms with Gasteiger partial charge in [0.25, 0.3) is 5.91 Å². The third-order valence-electron chi connectivity index (χ3n) is 4.99. The first-order valence-electron chi connectivity index (χ1n) is 9.74. The van der Waals surface area contributed by atoms with Crippen LogP contribution in [0.25, 0.3) is 10.2 Å². The lowest BCUT2D eigenvalue weighted by Gasteiger charge is -2.31. The highest BCUT2D eigenvalue weighted by Crippen LogP contribution is 2.25. The molecule has 1 fully saturated rings. The fourth-order valence-electron chi connectivity index (χ4n) is 3.34. The van der Waals surface area contributed by atoms with Gasteiger partial charge in [-0.2, -0.15) is 0 Å². The Bertz CT molecular complexity index is 851. The predicted molar refractivity (Wildman–Crippen MR) is 111 cm³/mol. The minimum atomic E-state index is -0.680. The summed E-state index contributed by atoms with van der Waals surface area (Å²) in [4.78, 5) is 42.8. The van der Waals surface area contributed by atoms with Gasteiger partial charge in [0.15, 0.2) is 16.9 Å². The highest BCUT2D eigenvalue weighted by atomic mass is 32.1. The Morgan fingerprint density at radius 3 is 2.86 bits per heavy atom. The second kappa shape index (κ2) is 9.91. The fraction of sp³-hybridized carbons (Fsp3) is 0.500. The molecule has 0 aliphatic carbocycles. The summed E-state index contributed by atoms with van der Waals surface area (Å²) in [7, 11) is 0. The molecule has 2 amide bonds. The molecule has 29 heavy (non-hydrogen) atoms. The Balaban J connectivity index is 1.55. The van der Waals surface area contributed by atoms with Crippen molar-refractivity contribution in [2.45, 2.75) is 25.9 Å². The zero-order valence-electron chi connectivity index (χ0n) is 16.4. The molecule has 156 valence electrons. The normalized spacial score (nSPS) is 17.9. The number of nitrogens with zero attached hydrogens (tertiary/aromatic N) is 2. The van der Waals surface area contributed by atoms with Gasteiger partial charge in [-0.05, 0) is 31.5 Å². The number of ether oxygens (including phenoxy) is 1. The van der Waals surface area contributed by atoms with Gasteiger partial charge in [0.05, 0.1) is 23.4 Å². The molecule has 0 saturated carbocycles. The first-order valence-corrected chi connectivity index (χ1v) is 10.6. The molecule has 0 bridgehead atoms. The van der Waals surface area contributed by atoms with Crippen LogP contribution in [0.1, 0.15) is 29.6 Å². The number of carbonyl (C=O) groups is 3. The molecule has 1 aliphatic rings. The lowest BCUT2D eigenvalue weighted by atomic mass is 9.96. The predicted octanol–water partition coefficient (Wildman–Crippen LogP) is 1.20. The largest absolute Gasteiger partial charge is 0.365 e. The number of amides is 2. The second-order valence-electron chi connectivity index (χ2n) is 7.03. The van der Waals surface area contributed by atoms with Crippen molar-refractivity contribution in [3.63, 3.8) is 0 Å². The number of carbonyl (C=O) groups excluding carboxylic acids is 3. The summed E-state index contributed by atoms with van der Waals surface area (Å²) in [6, 6.07) is 7.64. The minimum absolute atomic E-state index is 0.0393. The zero-order valence-corrected chi connectivity index (χ0v) is 17.2. The maximum Gasteiger partial charge on any atom is 0.250 e. The molecular formula is C20H26N4O4S. The van der Waals surface area contributed by atoms with Crippen molar-refractivity contribution in [3.05, 3.63) is 29.3 Å². The van der Waals surface area contributed by atoms with Crippen LogP contribution >= 0.6 is 11.3 Å². The van der Waals surface area contributed by atoms with Crippen LogP contribution in [-0.4, -0.2) is 66.4 Å². The van der Waals surface area contributed by atoms with Crippen molar-refractivity contribution in [1.82, 2.24) is 15.2 Å². The smallest absolute Gasteiger partial charge is 0.250 e. The molecule has 1 aromatic carbocycles. The number of nitrogens with two attached hydrogens (primary N) is 1. The summed E-state index contributed by atoms with van der Waals surface area (Å²) in [6.07, 6.45) is 0.323. The van der Waals surface area contributed by atoms with Crippen LogP contribution in [0.15, 0.2) is 24.3 Å². The molecular weight excluding hydrogens is 392 g/mol. The topological polar surface area (TPSA) is 115 Å². The van der Waals surface area contributed by atoms with Crippen LogP contribution in [0.2, 0.25) is 0 Å². The number of ketones is 1. The lowest BCUT2D eigenvalue weighted by Crippen LogP contribution is -2.51. The van der Waals surface area contributed by atoms with E-state index < -0.39 is 6.10 Å². The molecule has 1 saturated heterocycles. The minimum Gasteiger partial charge on any atom is -0.365 e. The van der Waals surface area contributed by atoms with Gasteiger partial charge in [0.2, 0.25) is 5.91 Å². The van der Waals surface area contributed by atoms with E-state index in [-0.39, 0.29) is 30.1 Å². The Hall–Kier alpha value is -2.36. The van der Waals surface area contributed by atoms with E-state index in [0.29, 0.717) is 44.1 Å². The molecule has 2 heterocycles. The van der Waals surface area contributed by atoms with E-state index in [9.17, 15) is 14.4 Å². The summed E-state index contributed by atoms with van der Waals surface area (Å²) in [5, 5.41) is 3.30. The number of Topliss-reactive ketones (excluding diaryl/α,β-unsaturated/α-hetero) is 1. The summed E-state index contributed by atoms with van der Waals surface area (Å²) >= 11 is 1.38. The van der Waals surface area contributed by atoms with Gasteiger partial charge in [0, 0.05) is 25.9 Å². The number of benzene rings is 1. The van der Waals surface area contributed by atoms with Gasteiger partial charge in [-0.15, -0.1) is 11.3 Å². The first-order chi connectivity index (χ1) is 14.0. The lowest BCUT2D eigenvalue weighted by molar-refractivity contribution is -0.145. The van der Waals surface area contributed by atoms with Crippen molar-refractivity contribution >= 4 is 39.2 Å². The van der Waals surface area contributed by atoms with Crippen molar-refractivity contribution in [3.8, 4) is 0 Å². The van der Waals surface area contributed by atoms with Crippen LogP contribution in [0.3, 0.4) is 0 Å². The zero-order chi connectivity index (χ0) is 20.8. The Labute approximate surface area is 173 Å². The standard InChI is InChI=1S/C20H26N4O4S/c1-13(25)24-10-11-28-16(12-24)19(27)22-9-7-14(6-8-21)18(26)20-23-15-4-2-3-5-17(15)29-20/h2-5,14,16H,6-12,21H2,1H3,(H,22,27). The second-order valence-corrected chi connectivity index (χ2v) is 8.06. The maximum atomic E-state index is 12.9. The number of thiazole rings is 1. The van der Waals surface area contributed by atoms with E-state index >= 15 is 0 Å². The summed E-state index contributed by atoms with van der Waals surface area (Å²) < 4.78 is 6.45. The highest BCUT2D eigenvalue weighted by Gasteiger charge is 2.28. The molecule has 8 nitrogen and oxygen atoms in total. The van der Waals surface area contributed by atoms with Crippen LogP contribution in [0, 0.1) is 5.92 Å². The van der Waals surface area contributed by atoms with E-state index in [0.717, 1.165) is 10.2 Å². The molecule has 1 aromatic heterocycles. The average Bonchev–Trinajstić information content (AvgIpc) is 3.17. The molecule has 0 spiro atoms. The molecule has 9 heteroatoms. The molecule has 1 aliphatic heterocycles. The number of fused-ring (bicyclic) bond motifs is 1. The molecule has 3 N–H and O–H groups in total.